The van der Waals surface area contributed by atoms with E-state index in [-0.39, 0.29) is 12.0 Å². The third-order valence-corrected chi connectivity index (χ3v) is 6.23. The van der Waals surface area contributed by atoms with Gasteiger partial charge in [-0.25, -0.2) is 9.78 Å². The van der Waals surface area contributed by atoms with E-state index in [4.69, 9.17) is 9.72 Å². The summed E-state index contributed by atoms with van der Waals surface area (Å²) in [5, 5.41) is 6.65. The third-order valence-electron chi connectivity index (χ3n) is 6.23. The summed E-state index contributed by atoms with van der Waals surface area (Å²) in [4.78, 5) is 33.5. The van der Waals surface area contributed by atoms with Crippen LogP contribution in [0.1, 0.15) is 43.0 Å². The lowest BCUT2D eigenvalue weighted by molar-refractivity contribution is 0.0925. The first-order valence-electron chi connectivity index (χ1n) is 11.6. The Kier molecular flexibility index (Phi) is 7.50. The molecule has 2 N–H and O–H groups in total. The minimum atomic E-state index is -0.345. The Hall–Kier alpha value is -3.48. The van der Waals surface area contributed by atoms with E-state index in [0.717, 1.165) is 47.8 Å². The molecule has 1 aromatic carbocycles. The first-order valence-corrected chi connectivity index (χ1v) is 11.6. The average Bonchev–Trinajstić information content (AvgIpc) is 2.86. The van der Waals surface area contributed by atoms with E-state index in [9.17, 15) is 9.59 Å². The highest BCUT2D eigenvalue weighted by atomic mass is 16.5. The molecule has 2 amide bonds. The largest absolute Gasteiger partial charge is 0.449 e. The molecule has 0 bridgehead atoms. The molecule has 1 saturated carbocycles. The van der Waals surface area contributed by atoms with Gasteiger partial charge >= 0.3 is 6.09 Å². The number of carbonyl (C=O) groups excluding carboxylic acids is 2. The number of aromatic nitrogens is 2. The quantitative estimate of drug-likeness (QED) is 0.554. The van der Waals surface area contributed by atoms with Crippen molar-refractivity contribution in [2.75, 3.05) is 19.7 Å². The molecule has 33 heavy (non-hydrogen) atoms. The van der Waals surface area contributed by atoms with Gasteiger partial charge in [0.2, 0.25) is 0 Å². The molecule has 0 aliphatic heterocycles. The summed E-state index contributed by atoms with van der Waals surface area (Å²) in [6.45, 7) is 3.55. The van der Waals surface area contributed by atoms with E-state index >= 15 is 0 Å². The molecule has 2 heterocycles. The molecule has 4 rings (SSSR count). The predicted molar refractivity (Wildman–Crippen MR) is 128 cm³/mol. The van der Waals surface area contributed by atoms with Crippen molar-refractivity contribution >= 4 is 22.9 Å². The van der Waals surface area contributed by atoms with E-state index in [1.165, 1.54) is 0 Å². The number of fused-ring (bicyclic) bond motifs is 1. The van der Waals surface area contributed by atoms with Crippen LogP contribution < -0.4 is 10.6 Å². The Morgan fingerprint density at radius 3 is 2.48 bits per heavy atom. The highest BCUT2D eigenvalue weighted by molar-refractivity contribution is 6.07. The molecule has 0 atom stereocenters. The number of pyridine rings is 2. The predicted octanol–water partition coefficient (Wildman–Crippen LogP) is 4.58. The Bertz CT molecular complexity index is 1100. The summed E-state index contributed by atoms with van der Waals surface area (Å²) in [5.41, 5.74) is 3.12. The van der Waals surface area contributed by atoms with Crippen molar-refractivity contribution in [3.8, 4) is 11.3 Å². The Labute approximate surface area is 194 Å². The van der Waals surface area contributed by atoms with Gasteiger partial charge in [0.05, 0.1) is 23.4 Å². The van der Waals surface area contributed by atoms with Crippen molar-refractivity contribution in [3.05, 3.63) is 60.4 Å². The fourth-order valence-electron chi connectivity index (χ4n) is 4.36. The zero-order chi connectivity index (χ0) is 23.0. The van der Waals surface area contributed by atoms with Crippen LogP contribution in [0.15, 0.2) is 54.9 Å². The molecular formula is C26H30N4O3. The van der Waals surface area contributed by atoms with Crippen LogP contribution in [-0.4, -0.2) is 41.7 Å². The van der Waals surface area contributed by atoms with Crippen LogP contribution in [0.3, 0.4) is 0 Å². The Morgan fingerprint density at radius 2 is 1.73 bits per heavy atom. The molecule has 0 unspecified atom stereocenters. The summed E-state index contributed by atoms with van der Waals surface area (Å²) in [6, 6.07) is 13.4. The number of para-hydroxylation sites is 1. The zero-order valence-electron chi connectivity index (χ0n) is 18.9. The van der Waals surface area contributed by atoms with Crippen LogP contribution in [0.4, 0.5) is 4.79 Å². The van der Waals surface area contributed by atoms with Crippen LogP contribution in [0.5, 0.6) is 0 Å². The number of benzene rings is 1. The molecule has 7 nitrogen and oxygen atoms in total. The molecule has 0 spiro atoms. The Balaban J connectivity index is 1.37. The van der Waals surface area contributed by atoms with E-state index in [1.807, 2.05) is 49.4 Å². The second kappa shape index (κ2) is 10.9. The monoisotopic (exact) mass is 446 g/mol. The van der Waals surface area contributed by atoms with Crippen LogP contribution in [-0.2, 0) is 4.74 Å². The first kappa shape index (κ1) is 22.7. The normalized spacial score (nSPS) is 18.0. The van der Waals surface area contributed by atoms with Gasteiger partial charge in [0.15, 0.2) is 0 Å². The number of hydrogen-bond donors (Lipinski definition) is 2. The molecule has 1 fully saturated rings. The number of hydrogen-bond acceptors (Lipinski definition) is 5. The fraction of sp³-hybridized carbons (Fsp3) is 0.385. The Morgan fingerprint density at radius 1 is 1.00 bits per heavy atom. The van der Waals surface area contributed by atoms with Crippen molar-refractivity contribution in [1.82, 2.24) is 20.6 Å². The van der Waals surface area contributed by atoms with E-state index < -0.39 is 0 Å². The lowest BCUT2D eigenvalue weighted by atomic mass is 9.82. The number of amides is 2. The summed E-state index contributed by atoms with van der Waals surface area (Å²) in [6.07, 6.45) is 7.15. The van der Waals surface area contributed by atoms with Gasteiger partial charge in [-0.05, 0) is 68.7 Å². The molecule has 2 aromatic heterocycles. The first-order chi connectivity index (χ1) is 16.1. The van der Waals surface area contributed by atoms with Gasteiger partial charge in [-0.1, -0.05) is 18.2 Å². The van der Waals surface area contributed by atoms with E-state index in [1.54, 1.807) is 12.4 Å². The van der Waals surface area contributed by atoms with Gasteiger partial charge in [-0.3, -0.25) is 9.78 Å². The smallest absolute Gasteiger partial charge is 0.407 e. The average molecular weight is 447 g/mol. The van der Waals surface area contributed by atoms with Crippen LogP contribution in [0.2, 0.25) is 0 Å². The van der Waals surface area contributed by atoms with Gasteiger partial charge in [-0.2, -0.15) is 0 Å². The summed E-state index contributed by atoms with van der Waals surface area (Å²) >= 11 is 0. The lowest BCUT2D eigenvalue weighted by Gasteiger charge is -2.28. The zero-order valence-corrected chi connectivity index (χ0v) is 18.9. The van der Waals surface area contributed by atoms with Crippen LogP contribution in [0.25, 0.3) is 22.2 Å². The van der Waals surface area contributed by atoms with Crippen LogP contribution >= 0.6 is 0 Å². The molecule has 7 heteroatoms. The molecule has 3 aromatic rings. The minimum Gasteiger partial charge on any atom is -0.449 e. The topological polar surface area (TPSA) is 93.2 Å². The number of alkyl carbamates (subject to hydrolysis) is 1. The van der Waals surface area contributed by atoms with Crippen molar-refractivity contribution in [3.63, 3.8) is 0 Å². The number of rotatable bonds is 7. The van der Waals surface area contributed by atoms with Crippen LogP contribution in [0, 0.1) is 11.8 Å². The standard InChI is InChI=1S/C26H30N4O3/c1-2-28-26(32)33-17-19-9-7-18(8-10-19)16-29-25(31)22-15-24(20-11-13-27-14-12-20)30-23-6-4-3-5-21(22)23/h3-6,11-15,18-19H,2,7-10,16-17H2,1H3,(H,28,32)(H,29,31). The highest BCUT2D eigenvalue weighted by Crippen LogP contribution is 2.29. The molecule has 1 aliphatic rings. The van der Waals surface area contributed by atoms with Gasteiger partial charge in [0.1, 0.15) is 0 Å². The van der Waals surface area contributed by atoms with E-state index in [0.29, 0.717) is 37.1 Å². The highest BCUT2D eigenvalue weighted by Gasteiger charge is 2.23. The molecule has 1 aliphatic carbocycles. The molecule has 0 saturated heterocycles. The van der Waals surface area contributed by atoms with E-state index in [2.05, 4.69) is 15.6 Å². The summed E-state index contributed by atoms with van der Waals surface area (Å²) < 4.78 is 5.27. The maximum absolute atomic E-state index is 13.2. The summed E-state index contributed by atoms with van der Waals surface area (Å²) in [5.74, 6) is 0.750. The van der Waals surface area contributed by atoms with Gasteiger partial charge in [-0.15, -0.1) is 0 Å². The maximum atomic E-state index is 13.2. The van der Waals surface area contributed by atoms with Gasteiger partial charge < -0.3 is 15.4 Å². The third kappa shape index (κ3) is 5.86. The number of carbonyl (C=O) groups is 2. The fourth-order valence-corrected chi connectivity index (χ4v) is 4.36. The molecule has 0 radical (unpaired) electrons. The summed E-state index contributed by atoms with van der Waals surface area (Å²) in [7, 11) is 0. The van der Waals surface area contributed by atoms with Crippen molar-refractivity contribution in [1.29, 1.82) is 0 Å². The number of nitrogens with one attached hydrogen (secondary N) is 2. The van der Waals surface area contributed by atoms with Gasteiger partial charge in [0.25, 0.3) is 5.91 Å². The number of ether oxygens (including phenoxy) is 1. The second-order valence-corrected chi connectivity index (χ2v) is 8.53. The lowest BCUT2D eigenvalue weighted by Crippen LogP contribution is -2.32. The SMILES string of the molecule is CCNC(=O)OCC1CCC(CNC(=O)c2cc(-c3ccncc3)nc3ccccc23)CC1. The molecule has 172 valence electrons. The minimum absolute atomic E-state index is 0.0781. The number of nitrogens with zero attached hydrogens (tertiary/aromatic N) is 2. The van der Waals surface area contributed by atoms with Crippen molar-refractivity contribution < 1.29 is 14.3 Å². The maximum Gasteiger partial charge on any atom is 0.407 e. The van der Waals surface area contributed by atoms with Gasteiger partial charge in [0, 0.05) is 36.4 Å². The second-order valence-electron chi connectivity index (χ2n) is 8.53. The van der Waals surface area contributed by atoms with Crippen molar-refractivity contribution in [2.24, 2.45) is 11.8 Å². The van der Waals surface area contributed by atoms with Crippen molar-refractivity contribution in [2.45, 2.75) is 32.6 Å². The molecular weight excluding hydrogens is 416 g/mol.